The molecule has 0 aromatic carbocycles. The fourth-order valence-corrected chi connectivity index (χ4v) is 2.82. The first-order valence-electron chi connectivity index (χ1n) is 5.67. The monoisotopic (exact) mass is 200 g/mol. The maximum atomic E-state index is 4.28. The van der Waals surface area contributed by atoms with Gasteiger partial charge in [-0.25, -0.2) is 0 Å². The van der Waals surface area contributed by atoms with Crippen LogP contribution in [0.1, 0.15) is 17.5 Å². The van der Waals surface area contributed by atoms with E-state index in [4.69, 9.17) is 0 Å². The lowest BCUT2D eigenvalue weighted by Crippen LogP contribution is -2.10. The SMILES string of the molecule is Cc1cncc(C2=CC[C@@H]3CNC[C@H]23)c1. The summed E-state index contributed by atoms with van der Waals surface area (Å²) < 4.78 is 0. The third kappa shape index (κ3) is 1.49. The van der Waals surface area contributed by atoms with Gasteiger partial charge in [-0.2, -0.15) is 0 Å². The van der Waals surface area contributed by atoms with Gasteiger partial charge in [0.25, 0.3) is 0 Å². The molecular formula is C13H16N2. The molecule has 0 unspecified atom stereocenters. The molecule has 1 saturated heterocycles. The fourth-order valence-electron chi connectivity index (χ4n) is 2.82. The lowest BCUT2D eigenvalue weighted by molar-refractivity contribution is 0.542. The fraction of sp³-hybridized carbons (Fsp3) is 0.462. The number of aromatic nitrogens is 1. The Morgan fingerprint density at radius 2 is 2.27 bits per heavy atom. The number of allylic oxidation sites excluding steroid dienone is 1. The molecular weight excluding hydrogens is 184 g/mol. The van der Waals surface area contributed by atoms with E-state index in [0.717, 1.165) is 18.4 Å². The normalized spacial score (nSPS) is 29.0. The molecule has 1 aliphatic carbocycles. The van der Waals surface area contributed by atoms with Crippen LogP contribution in [-0.4, -0.2) is 18.1 Å². The topological polar surface area (TPSA) is 24.9 Å². The van der Waals surface area contributed by atoms with Crippen molar-refractivity contribution in [3.8, 4) is 0 Å². The molecule has 0 bridgehead atoms. The Morgan fingerprint density at radius 1 is 1.33 bits per heavy atom. The highest BCUT2D eigenvalue weighted by Gasteiger charge is 2.34. The van der Waals surface area contributed by atoms with Gasteiger partial charge in [0.1, 0.15) is 0 Å². The van der Waals surface area contributed by atoms with Gasteiger partial charge in [0.05, 0.1) is 0 Å². The molecule has 0 radical (unpaired) electrons. The summed E-state index contributed by atoms with van der Waals surface area (Å²) in [5, 5.41) is 3.48. The summed E-state index contributed by atoms with van der Waals surface area (Å²) in [4.78, 5) is 4.28. The molecule has 0 amide bonds. The maximum Gasteiger partial charge on any atom is 0.0343 e. The van der Waals surface area contributed by atoms with Crippen LogP contribution in [0, 0.1) is 18.8 Å². The zero-order valence-corrected chi connectivity index (χ0v) is 9.03. The van der Waals surface area contributed by atoms with E-state index in [1.807, 2.05) is 12.4 Å². The van der Waals surface area contributed by atoms with Crippen LogP contribution in [-0.2, 0) is 0 Å². The Hall–Kier alpha value is -1.15. The van der Waals surface area contributed by atoms with E-state index in [0.29, 0.717) is 0 Å². The van der Waals surface area contributed by atoms with Crippen molar-refractivity contribution in [2.75, 3.05) is 13.1 Å². The predicted octanol–water partition coefficient (Wildman–Crippen LogP) is 2.01. The number of rotatable bonds is 1. The summed E-state index contributed by atoms with van der Waals surface area (Å²) in [5.41, 5.74) is 4.09. The van der Waals surface area contributed by atoms with Gasteiger partial charge in [0.2, 0.25) is 0 Å². The second-order valence-corrected chi connectivity index (χ2v) is 4.67. The zero-order valence-electron chi connectivity index (χ0n) is 9.03. The van der Waals surface area contributed by atoms with E-state index in [-0.39, 0.29) is 0 Å². The minimum absolute atomic E-state index is 0.730. The summed E-state index contributed by atoms with van der Waals surface area (Å²) >= 11 is 0. The van der Waals surface area contributed by atoms with Crippen molar-refractivity contribution in [3.05, 3.63) is 35.7 Å². The predicted molar refractivity (Wildman–Crippen MR) is 61.4 cm³/mol. The summed E-state index contributed by atoms with van der Waals surface area (Å²) in [7, 11) is 0. The van der Waals surface area contributed by atoms with Gasteiger partial charge < -0.3 is 5.32 Å². The van der Waals surface area contributed by atoms with Crippen LogP contribution < -0.4 is 5.32 Å². The second-order valence-electron chi connectivity index (χ2n) is 4.67. The van der Waals surface area contributed by atoms with Gasteiger partial charge in [-0.1, -0.05) is 6.08 Å². The Kier molecular flexibility index (Phi) is 2.10. The molecule has 1 fully saturated rings. The Labute approximate surface area is 90.4 Å². The van der Waals surface area contributed by atoms with Crippen LogP contribution in [0.4, 0.5) is 0 Å². The summed E-state index contributed by atoms with van der Waals surface area (Å²) in [6.07, 6.45) is 7.57. The van der Waals surface area contributed by atoms with Crippen LogP contribution in [0.15, 0.2) is 24.5 Å². The van der Waals surface area contributed by atoms with Crippen molar-refractivity contribution in [1.29, 1.82) is 0 Å². The lowest BCUT2D eigenvalue weighted by atomic mass is 9.91. The van der Waals surface area contributed by atoms with E-state index in [1.54, 1.807) is 0 Å². The first-order valence-corrected chi connectivity index (χ1v) is 5.67. The molecule has 2 heterocycles. The van der Waals surface area contributed by atoms with Gasteiger partial charge in [0, 0.05) is 24.9 Å². The smallest absolute Gasteiger partial charge is 0.0343 e. The van der Waals surface area contributed by atoms with E-state index >= 15 is 0 Å². The van der Waals surface area contributed by atoms with Crippen LogP contribution in [0.2, 0.25) is 0 Å². The minimum atomic E-state index is 0.730. The van der Waals surface area contributed by atoms with Crippen LogP contribution in [0.5, 0.6) is 0 Å². The molecule has 1 aromatic rings. The van der Waals surface area contributed by atoms with Crippen molar-refractivity contribution in [2.24, 2.45) is 11.8 Å². The van der Waals surface area contributed by atoms with Crippen molar-refractivity contribution >= 4 is 5.57 Å². The quantitative estimate of drug-likeness (QED) is 0.750. The third-order valence-corrected chi connectivity index (χ3v) is 3.59. The molecule has 1 N–H and O–H groups in total. The minimum Gasteiger partial charge on any atom is -0.316 e. The highest BCUT2D eigenvalue weighted by molar-refractivity contribution is 5.70. The highest BCUT2D eigenvalue weighted by Crippen LogP contribution is 2.39. The largest absolute Gasteiger partial charge is 0.316 e. The number of pyridine rings is 1. The van der Waals surface area contributed by atoms with Crippen molar-refractivity contribution < 1.29 is 0 Å². The van der Waals surface area contributed by atoms with Gasteiger partial charge in [-0.05, 0) is 48.6 Å². The average molecular weight is 200 g/mol. The molecule has 0 saturated carbocycles. The van der Waals surface area contributed by atoms with E-state index < -0.39 is 0 Å². The third-order valence-electron chi connectivity index (χ3n) is 3.59. The lowest BCUT2D eigenvalue weighted by Gasteiger charge is -2.13. The Bertz CT molecular complexity index is 409. The zero-order chi connectivity index (χ0) is 10.3. The van der Waals surface area contributed by atoms with Crippen LogP contribution in [0.25, 0.3) is 5.57 Å². The molecule has 1 aromatic heterocycles. The van der Waals surface area contributed by atoms with E-state index in [1.165, 1.54) is 29.7 Å². The molecule has 2 heteroatoms. The van der Waals surface area contributed by atoms with E-state index in [2.05, 4.69) is 29.4 Å². The maximum absolute atomic E-state index is 4.28. The highest BCUT2D eigenvalue weighted by atomic mass is 14.9. The van der Waals surface area contributed by atoms with Crippen LogP contribution in [0.3, 0.4) is 0 Å². The number of nitrogens with zero attached hydrogens (tertiary/aromatic N) is 1. The van der Waals surface area contributed by atoms with E-state index in [9.17, 15) is 0 Å². The molecule has 78 valence electrons. The van der Waals surface area contributed by atoms with Crippen LogP contribution >= 0.6 is 0 Å². The Balaban J connectivity index is 1.94. The molecule has 1 aliphatic heterocycles. The number of nitrogens with one attached hydrogen (secondary N) is 1. The standard InChI is InChI=1S/C13H16N2/c1-9-4-11(7-14-5-9)12-3-2-10-6-15-8-13(10)12/h3-5,7,10,13,15H,2,6,8H2,1H3/t10-,13+/m1/s1. The molecule has 0 spiro atoms. The second kappa shape index (κ2) is 3.46. The van der Waals surface area contributed by atoms with Crippen molar-refractivity contribution in [2.45, 2.75) is 13.3 Å². The molecule has 2 nitrogen and oxygen atoms in total. The first-order chi connectivity index (χ1) is 7.34. The average Bonchev–Trinajstić information content (AvgIpc) is 2.77. The number of hydrogen-bond acceptors (Lipinski definition) is 2. The summed E-state index contributed by atoms with van der Waals surface area (Å²) in [5.74, 6) is 1.56. The Morgan fingerprint density at radius 3 is 3.13 bits per heavy atom. The van der Waals surface area contributed by atoms with Gasteiger partial charge >= 0.3 is 0 Å². The summed E-state index contributed by atoms with van der Waals surface area (Å²) in [6, 6.07) is 2.25. The number of hydrogen-bond donors (Lipinski definition) is 1. The molecule has 2 aliphatic rings. The van der Waals surface area contributed by atoms with Gasteiger partial charge in [0.15, 0.2) is 0 Å². The first kappa shape index (κ1) is 9.10. The number of fused-ring (bicyclic) bond motifs is 1. The summed E-state index contributed by atoms with van der Waals surface area (Å²) in [6.45, 7) is 4.44. The van der Waals surface area contributed by atoms with Gasteiger partial charge in [-0.15, -0.1) is 0 Å². The molecule has 2 atom stereocenters. The van der Waals surface area contributed by atoms with Crippen molar-refractivity contribution in [1.82, 2.24) is 10.3 Å². The van der Waals surface area contributed by atoms with Crippen molar-refractivity contribution in [3.63, 3.8) is 0 Å². The molecule has 3 rings (SSSR count). The molecule has 15 heavy (non-hydrogen) atoms. The number of aryl methyl sites for hydroxylation is 1. The van der Waals surface area contributed by atoms with Gasteiger partial charge in [-0.3, -0.25) is 4.98 Å².